The molecule has 86 valence electrons. The summed E-state index contributed by atoms with van der Waals surface area (Å²) in [6.45, 7) is 0.403. The van der Waals surface area contributed by atoms with Crippen molar-refractivity contribution in [2.45, 2.75) is 6.42 Å². The maximum Gasteiger partial charge on any atom is 0.178 e. The molecule has 0 N–H and O–H groups in total. The number of carbonyl (C=O) groups excluding carboxylic acids is 1. The van der Waals surface area contributed by atoms with Gasteiger partial charge in [-0.1, -0.05) is 0 Å². The maximum absolute atomic E-state index is 11.7. The number of rotatable bonds is 2. The summed E-state index contributed by atoms with van der Waals surface area (Å²) in [7, 11) is 3.07. The Balaban J connectivity index is 2.65. The number of halogens is 1. The Morgan fingerprint density at radius 1 is 1.38 bits per heavy atom. The van der Waals surface area contributed by atoms with Crippen molar-refractivity contribution in [3.63, 3.8) is 0 Å². The molecule has 0 bridgehead atoms. The van der Waals surface area contributed by atoms with Gasteiger partial charge in [0, 0.05) is 6.42 Å². The zero-order valence-corrected chi connectivity index (χ0v) is 10.6. The van der Waals surface area contributed by atoms with Gasteiger partial charge >= 0.3 is 0 Å². The average molecular weight is 287 g/mol. The molecule has 0 aromatic heterocycles. The molecular weight excluding hydrogens is 276 g/mol. The van der Waals surface area contributed by atoms with Crippen LogP contribution < -0.4 is 14.2 Å². The van der Waals surface area contributed by atoms with Crippen LogP contribution in [0.3, 0.4) is 0 Å². The Labute approximate surface area is 102 Å². The number of carbonyl (C=O) groups is 1. The fraction of sp³-hybridized carbons (Fsp3) is 0.364. The molecule has 1 aliphatic heterocycles. The summed E-state index contributed by atoms with van der Waals surface area (Å²) in [6.07, 6.45) is 0.398. The predicted molar refractivity (Wildman–Crippen MR) is 61.7 cm³/mol. The minimum absolute atomic E-state index is 0.0582. The summed E-state index contributed by atoms with van der Waals surface area (Å²) < 4.78 is 16.5. The molecule has 1 aromatic rings. The van der Waals surface area contributed by atoms with Crippen molar-refractivity contribution in [3.05, 3.63) is 16.1 Å². The zero-order valence-electron chi connectivity index (χ0n) is 9.00. The minimum atomic E-state index is 0.0582. The van der Waals surface area contributed by atoms with E-state index in [1.807, 2.05) is 0 Å². The highest BCUT2D eigenvalue weighted by Crippen LogP contribution is 2.45. The van der Waals surface area contributed by atoms with Crippen LogP contribution in [-0.2, 0) is 0 Å². The number of Topliss-reactive ketones (excluding diaryl/α,β-unsaturated/α-hetero) is 1. The molecule has 4 nitrogen and oxygen atoms in total. The van der Waals surface area contributed by atoms with Gasteiger partial charge in [-0.25, -0.2) is 0 Å². The number of fused-ring (bicyclic) bond motifs is 1. The Hall–Kier alpha value is -1.23. The van der Waals surface area contributed by atoms with Crippen molar-refractivity contribution in [2.24, 2.45) is 0 Å². The summed E-state index contributed by atoms with van der Waals surface area (Å²) in [5.74, 6) is 1.65. The third-order valence-corrected chi connectivity index (χ3v) is 3.16. The first-order chi connectivity index (χ1) is 7.69. The van der Waals surface area contributed by atoms with Crippen LogP contribution in [0.15, 0.2) is 10.5 Å². The molecule has 0 saturated heterocycles. The molecule has 0 radical (unpaired) electrons. The van der Waals surface area contributed by atoms with Gasteiger partial charge in [-0.05, 0) is 22.0 Å². The van der Waals surface area contributed by atoms with Crippen molar-refractivity contribution in [1.82, 2.24) is 0 Å². The number of ether oxygens (including phenoxy) is 3. The zero-order chi connectivity index (χ0) is 11.7. The highest BCUT2D eigenvalue weighted by atomic mass is 79.9. The van der Waals surface area contributed by atoms with E-state index in [-0.39, 0.29) is 5.78 Å². The molecule has 1 aliphatic rings. The summed E-state index contributed by atoms with van der Waals surface area (Å²) in [4.78, 5) is 11.7. The van der Waals surface area contributed by atoms with Crippen LogP contribution in [0.2, 0.25) is 0 Å². The van der Waals surface area contributed by atoms with Gasteiger partial charge in [-0.3, -0.25) is 4.79 Å². The molecule has 0 spiro atoms. The SMILES string of the molecule is COc1cc2c(c(Br)c1OC)OCCC2=O. The lowest BCUT2D eigenvalue weighted by Gasteiger charge is -2.20. The fourth-order valence-corrected chi connectivity index (χ4v) is 2.35. The fourth-order valence-electron chi connectivity index (χ4n) is 1.66. The van der Waals surface area contributed by atoms with E-state index in [4.69, 9.17) is 14.2 Å². The van der Waals surface area contributed by atoms with E-state index < -0.39 is 0 Å². The molecule has 0 saturated carbocycles. The standard InChI is InChI=1S/C11H11BrO4/c1-14-8-5-6-7(13)3-4-16-10(6)9(12)11(8)15-2/h5H,3-4H2,1-2H3. The second kappa shape index (κ2) is 4.33. The lowest BCUT2D eigenvalue weighted by atomic mass is 10.0. The Kier molecular flexibility index (Phi) is 3.05. The largest absolute Gasteiger partial charge is 0.493 e. The van der Waals surface area contributed by atoms with Crippen molar-refractivity contribution < 1.29 is 19.0 Å². The summed E-state index contributed by atoms with van der Waals surface area (Å²) in [5, 5.41) is 0. The molecule has 2 rings (SSSR count). The lowest BCUT2D eigenvalue weighted by molar-refractivity contribution is 0.0932. The Bertz CT molecular complexity index is 442. The van der Waals surface area contributed by atoms with Crippen LogP contribution in [0.4, 0.5) is 0 Å². The van der Waals surface area contributed by atoms with Gasteiger partial charge in [0.2, 0.25) is 0 Å². The van der Waals surface area contributed by atoms with Crippen molar-refractivity contribution in [2.75, 3.05) is 20.8 Å². The van der Waals surface area contributed by atoms with Crippen LogP contribution in [0.1, 0.15) is 16.8 Å². The number of ketones is 1. The monoisotopic (exact) mass is 286 g/mol. The summed E-state index contributed by atoms with van der Waals surface area (Å²) in [5.41, 5.74) is 0.538. The van der Waals surface area contributed by atoms with Gasteiger partial charge in [-0.15, -0.1) is 0 Å². The van der Waals surface area contributed by atoms with Gasteiger partial charge < -0.3 is 14.2 Å². The van der Waals surface area contributed by atoms with E-state index in [1.165, 1.54) is 7.11 Å². The second-order valence-corrected chi connectivity index (χ2v) is 4.12. The Morgan fingerprint density at radius 3 is 2.75 bits per heavy atom. The first-order valence-corrected chi connectivity index (χ1v) is 5.58. The Morgan fingerprint density at radius 2 is 2.12 bits per heavy atom. The molecular formula is C11H11BrO4. The number of hydrogen-bond acceptors (Lipinski definition) is 4. The smallest absolute Gasteiger partial charge is 0.178 e. The van der Waals surface area contributed by atoms with Crippen LogP contribution in [0.5, 0.6) is 17.2 Å². The maximum atomic E-state index is 11.7. The van der Waals surface area contributed by atoms with E-state index in [1.54, 1.807) is 13.2 Å². The number of benzene rings is 1. The molecule has 0 fully saturated rings. The van der Waals surface area contributed by atoms with Crippen LogP contribution >= 0.6 is 15.9 Å². The van der Waals surface area contributed by atoms with Crippen molar-refractivity contribution in [3.8, 4) is 17.2 Å². The average Bonchev–Trinajstić information content (AvgIpc) is 2.30. The molecule has 1 aromatic carbocycles. The summed E-state index contributed by atoms with van der Waals surface area (Å²) >= 11 is 3.36. The van der Waals surface area contributed by atoms with Crippen LogP contribution in [0.25, 0.3) is 0 Å². The first-order valence-electron chi connectivity index (χ1n) is 4.79. The molecule has 0 atom stereocenters. The molecule has 0 amide bonds. The second-order valence-electron chi connectivity index (χ2n) is 3.32. The van der Waals surface area contributed by atoms with Gasteiger partial charge in [0.15, 0.2) is 17.3 Å². The number of methoxy groups -OCH3 is 2. The van der Waals surface area contributed by atoms with E-state index in [0.29, 0.717) is 40.3 Å². The highest BCUT2D eigenvalue weighted by Gasteiger charge is 2.26. The first kappa shape index (κ1) is 11.3. The topological polar surface area (TPSA) is 44.8 Å². The normalized spacial score (nSPS) is 14.1. The van der Waals surface area contributed by atoms with Crippen molar-refractivity contribution in [1.29, 1.82) is 0 Å². The van der Waals surface area contributed by atoms with E-state index >= 15 is 0 Å². The van der Waals surface area contributed by atoms with Crippen molar-refractivity contribution >= 4 is 21.7 Å². The highest BCUT2D eigenvalue weighted by molar-refractivity contribution is 9.10. The van der Waals surface area contributed by atoms with Gasteiger partial charge in [-0.2, -0.15) is 0 Å². The minimum Gasteiger partial charge on any atom is -0.493 e. The lowest BCUT2D eigenvalue weighted by Crippen LogP contribution is -2.16. The third kappa shape index (κ3) is 1.65. The van der Waals surface area contributed by atoms with Gasteiger partial charge in [0.1, 0.15) is 10.2 Å². The predicted octanol–water partition coefficient (Wildman–Crippen LogP) is 2.43. The molecule has 0 unspecified atom stereocenters. The van der Waals surface area contributed by atoms with Crippen LogP contribution in [-0.4, -0.2) is 26.6 Å². The van der Waals surface area contributed by atoms with E-state index in [2.05, 4.69) is 15.9 Å². The van der Waals surface area contributed by atoms with E-state index in [0.717, 1.165) is 0 Å². The van der Waals surface area contributed by atoms with Gasteiger partial charge in [0.05, 0.1) is 26.4 Å². The van der Waals surface area contributed by atoms with E-state index in [9.17, 15) is 4.79 Å². The number of hydrogen-bond donors (Lipinski definition) is 0. The van der Waals surface area contributed by atoms with Gasteiger partial charge in [0.25, 0.3) is 0 Å². The third-order valence-electron chi connectivity index (χ3n) is 2.44. The van der Waals surface area contributed by atoms with Crippen LogP contribution in [0, 0.1) is 0 Å². The quantitative estimate of drug-likeness (QED) is 0.838. The molecule has 5 heteroatoms. The molecule has 0 aliphatic carbocycles. The summed E-state index contributed by atoms with van der Waals surface area (Å²) in [6, 6.07) is 1.65. The molecule has 16 heavy (non-hydrogen) atoms. The molecule has 1 heterocycles.